The summed E-state index contributed by atoms with van der Waals surface area (Å²) in [6.07, 6.45) is 1.33. The Morgan fingerprint density at radius 1 is 0.857 bits per heavy atom. The third-order valence-corrected chi connectivity index (χ3v) is 4.15. The molecule has 0 aliphatic rings. The first kappa shape index (κ1) is 19.2. The van der Waals surface area contributed by atoms with Gasteiger partial charge in [-0.05, 0) is 49.2 Å². The molecule has 7 heteroatoms. The number of aromatic nitrogens is 1. The minimum absolute atomic E-state index is 0.0288. The van der Waals surface area contributed by atoms with Gasteiger partial charge in [-0.3, -0.25) is 14.6 Å². The minimum Gasteiger partial charge on any atom is -0.322 e. The molecule has 0 radical (unpaired) electrons. The summed E-state index contributed by atoms with van der Waals surface area (Å²) < 4.78 is 26.3. The quantitative estimate of drug-likeness (QED) is 0.700. The first-order valence-corrected chi connectivity index (χ1v) is 8.45. The molecule has 28 heavy (non-hydrogen) atoms. The van der Waals surface area contributed by atoms with E-state index in [1.807, 2.05) is 32.0 Å². The second kappa shape index (κ2) is 7.96. The molecule has 0 saturated carbocycles. The molecule has 3 aromatic rings. The van der Waals surface area contributed by atoms with Crippen molar-refractivity contribution in [3.63, 3.8) is 0 Å². The van der Waals surface area contributed by atoms with Crippen molar-refractivity contribution in [2.45, 2.75) is 13.8 Å². The normalized spacial score (nSPS) is 10.4. The maximum absolute atomic E-state index is 13.3. The van der Waals surface area contributed by atoms with Crippen LogP contribution >= 0.6 is 0 Å². The molecule has 0 saturated heterocycles. The summed E-state index contributed by atoms with van der Waals surface area (Å²) in [4.78, 5) is 28.8. The van der Waals surface area contributed by atoms with Crippen molar-refractivity contribution in [1.29, 1.82) is 0 Å². The van der Waals surface area contributed by atoms with Gasteiger partial charge in [-0.2, -0.15) is 0 Å². The molecular formula is C21H17F2N3O2. The highest BCUT2D eigenvalue weighted by molar-refractivity contribution is 6.08. The lowest BCUT2D eigenvalue weighted by Crippen LogP contribution is -2.17. The maximum atomic E-state index is 13.3. The Labute approximate surface area is 160 Å². The minimum atomic E-state index is -1.08. The predicted molar refractivity (Wildman–Crippen MR) is 102 cm³/mol. The van der Waals surface area contributed by atoms with Gasteiger partial charge in [0.15, 0.2) is 11.6 Å². The number of hydrogen-bond acceptors (Lipinski definition) is 3. The third kappa shape index (κ3) is 4.20. The first-order valence-electron chi connectivity index (χ1n) is 8.45. The molecule has 2 aromatic carbocycles. The van der Waals surface area contributed by atoms with E-state index in [9.17, 15) is 18.4 Å². The molecule has 0 spiro atoms. The number of halogens is 2. The average Bonchev–Trinajstić information content (AvgIpc) is 2.67. The number of nitrogens with zero attached hydrogens (tertiary/aromatic N) is 1. The summed E-state index contributed by atoms with van der Waals surface area (Å²) in [5.41, 5.74) is 2.83. The number of carbonyl (C=O) groups excluding carboxylic acids is 2. The lowest BCUT2D eigenvalue weighted by molar-refractivity contribution is 0.102. The molecule has 1 heterocycles. The van der Waals surface area contributed by atoms with Crippen LogP contribution in [0.25, 0.3) is 0 Å². The number of rotatable bonds is 4. The molecular weight excluding hydrogens is 364 g/mol. The SMILES string of the molecule is Cc1cccc(C)c1NC(=O)c1ccnc(C(=O)Nc2ccc(F)c(F)c2)c1. The average molecular weight is 381 g/mol. The lowest BCUT2D eigenvalue weighted by atomic mass is 10.1. The van der Waals surface area contributed by atoms with Crippen LogP contribution in [0, 0.1) is 25.5 Å². The Balaban J connectivity index is 1.78. The van der Waals surface area contributed by atoms with Crippen LogP contribution in [0.2, 0.25) is 0 Å². The summed E-state index contributed by atoms with van der Waals surface area (Å²) in [6, 6.07) is 11.5. The van der Waals surface area contributed by atoms with Gasteiger partial charge in [0.1, 0.15) is 5.69 Å². The molecule has 0 bridgehead atoms. The smallest absolute Gasteiger partial charge is 0.274 e. The topological polar surface area (TPSA) is 71.1 Å². The molecule has 0 unspecified atom stereocenters. The summed E-state index contributed by atoms with van der Waals surface area (Å²) in [5.74, 6) is -3.12. The fraction of sp³-hybridized carbons (Fsp3) is 0.0952. The van der Waals surface area contributed by atoms with Gasteiger partial charge < -0.3 is 10.6 Å². The van der Waals surface area contributed by atoms with E-state index >= 15 is 0 Å². The second-order valence-electron chi connectivity index (χ2n) is 6.23. The Morgan fingerprint density at radius 3 is 2.25 bits per heavy atom. The van der Waals surface area contributed by atoms with Crippen LogP contribution < -0.4 is 10.6 Å². The van der Waals surface area contributed by atoms with Gasteiger partial charge in [0, 0.05) is 29.2 Å². The Bertz CT molecular complexity index is 1050. The highest BCUT2D eigenvalue weighted by Gasteiger charge is 2.14. The summed E-state index contributed by atoms with van der Waals surface area (Å²) in [7, 11) is 0. The van der Waals surface area contributed by atoms with Gasteiger partial charge in [0.05, 0.1) is 0 Å². The number of pyridine rings is 1. The van der Waals surface area contributed by atoms with Crippen LogP contribution in [0.15, 0.2) is 54.7 Å². The van der Waals surface area contributed by atoms with Crippen molar-refractivity contribution in [2.75, 3.05) is 10.6 Å². The van der Waals surface area contributed by atoms with E-state index in [0.717, 1.165) is 23.3 Å². The fourth-order valence-corrected chi connectivity index (χ4v) is 2.66. The van der Waals surface area contributed by atoms with Crippen LogP contribution in [0.3, 0.4) is 0 Å². The van der Waals surface area contributed by atoms with Gasteiger partial charge in [0.2, 0.25) is 0 Å². The number of amides is 2. The van der Waals surface area contributed by atoms with Crippen molar-refractivity contribution in [2.24, 2.45) is 0 Å². The maximum Gasteiger partial charge on any atom is 0.274 e. The number of hydrogen-bond donors (Lipinski definition) is 2. The Morgan fingerprint density at radius 2 is 1.57 bits per heavy atom. The number of benzene rings is 2. The number of aryl methyl sites for hydroxylation is 2. The van der Waals surface area contributed by atoms with E-state index in [1.54, 1.807) is 0 Å². The number of carbonyl (C=O) groups is 2. The van der Waals surface area contributed by atoms with Gasteiger partial charge >= 0.3 is 0 Å². The standard InChI is InChI=1S/C21H17F2N3O2/c1-12-4-3-5-13(2)19(12)26-20(27)14-8-9-24-18(10-14)21(28)25-15-6-7-16(22)17(23)11-15/h3-11H,1-2H3,(H,25,28)(H,26,27). The monoisotopic (exact) mass is 381 g/mol. The van der Waals surface area contributed by atoms with E-state index in [4.69, 9.17) is 0 Å². The van der Waals surface area contributed by atoms with E-state index in [-0.39, 0.29) is 22.9 Å². The van der Waals surface area contributed by atoms with Crippen molar-refractivity contribution in [3.8, 4) is 0 Å². The lowest BCUT2D eigenvalue weighted by Gasteiger charge is -2.12. The second-order valence-corrected chi connectivity index (χ2v) is 6.23. The highest BCUT2D eigenvalue weighted by Crippen LogP contribution is 2.20. The summed E-state index contributed by atoms with van der Waals surface area (Å²) in [5, 5.41) is 5.26. The van der Waals surface area contributed by atoms with Crippen molar-refractivity contribution in [1.82, 2.24) is 4.98 Å². The molecule has 0 atom stereocenters. The van der Waals surface area contributed by atoms with Gasteiger partial charge in [-0.25, -0.2) is 8.78 Å². The predicted octanol–water partition coefficient (Wildman–Crippen LogP) is 4.48. The van der Waals surface area contributed by atoms with E-state index < -0.39 is 17.5 Å². The molecule has 1 aromatic heterocycles. The van der Waals surface area contributed by atoms with Crippen molar-refractivity contribution >= 4 is 23.2 Å². The van der Waals surface area contributed by atoms with E-state index in [0.29, 0.717) is 5.69 Å². The number of nitrogens with one attached hydrogen (secondary N) is 2. The van der Waals surface area contributed by atoms with Crippen LogP contribution in [-0.2, 0) is 0 Å². The van der Waals surface area contributed by atoms with E-state index in [2.05, 4.69) is 15.6 Å². The molecule has 5 nitrogen and oxygen atoms in total. The largest absolute Gasteiger partial charge is 0.322 e. The zero-order chi connectivity index (χ0) is 20.3. The van der Waals surface area contributed by atoms with Gasteiger partial charge in [-0.15, -0.1) is 0 Å². The molecule has 2 N–H and O–H groups in total. The molecule has 3 rings (SSSR count). The summed E-state index contributed by atoms with van der Waals surface area (Å²) >= 11 is 0. The zero-order valence-corrected chi connectivity index (χ0v) is 15.2. The molecule has 0 fully saturated rings. The van der Waals surface area contributed by atoms with Gasteiger partial charge in [0.25, 0.3) is 11.8 Å². The van der Waals surface area contributed by atoms with Crippen LogP contribution in [0.5, 0.6) is 0 Å². The highest BCUT2D eigenvalue weighted by atomic mass is 19.2. The number of para-hydroxylation sites is 1. The van der Waals surface area contributed by atoms with Crippen molar-refractivity contribution < 1.29 is 18.4 Å². The molecule has 2 amide bonds. The van der Waals surface area contributed by atoms with Crippen molar-refractivity contribution in [3.05, 3.63) is 88.7 Å². The fourth-order valence-electron chi connectivity index (χ4n) is 2.66. The van der Waals surface area contributed by atoms with Crippen LogP contribution in [-0.4, -0.2) is 16.8 Å². The number of anilines is 2. The van der Waals surface area contributed by atoms with Crippen LogP contribution in [0.4, 0.5) is 20.2 Å². The molecule has 0 aliphatic heterocycles. The third-order valence-electron chi connectivity index (χ3n) is 4.15. The molecule has 142 valence electrons. The van der Waals surface area contributed by atoms with Gasteiger partial charge in [-0.1, -0.05) is 18.2 Å². The van der Waals surface area contributed by atoms with E-state index in [1.165, 1.54) is 24.4 Å². The Hall–Kier alpha value is -3.61. The zero-order valence-electron chi connectivity index (χ0n) is 15.2. The molecule has 0 aliphatic carbocycles. The summed E-state index contributed by atoms with van der Waals surface area (Å²) in [6.45, 7) is 3.77. The first-order chi connectivity index (χ1) is 13.3. The van der Waals surface area contributed by atoms with Crippen LogP contribution in [0.1, 0.15) is 32.0 Å². The Kier molecular flexibility index (Phi) is 5.44.